The standard InChI is InChI=1S/C14H19Cl2NO2S/c1-2-6-19-10-4-3-5-17(8-10)9-12(18)11-7-13(15)20-14(11)16/h7,10H,2-6,8-9H2,1H3. The molecule has 1 atom stereocenters. The molecule has 112 valence electrons. The van der Waals surface area contributed by atoms with E-state index in [-0.39, 0.29) is 11.9 Å². The van der Waals surface area contributed by atoms with Gasteiger partial charge in [-0.2, -0.15) is 0 Å². The first-order chi connectivity index (χ1) is 9.60. The highest BCUT2D eigenvalue weighted by Crippen LogP contribution is 2.31. The summed E-state index contributed by atoms with van der Waals surface area (Å²) in [5, 5.41) is 0. The molecule has 1 saturated heterocycles. The number of Topliss-reactive ketones (excluding diaryl/α,β-unsaturated/α-hetero) is 1. The van der Waals surface area contributed by atoms with E-state index in [0.29, 0.717) is 20.8 Å². The lowest BCUT2D eigenvalue weighted by atomic mass is 10.1. The molecule has 1 fully saturated rings. The van der Waals surface area contributed by atoms with Gasteiger partial charge in [-0.15, -0.1) is 11.3 Å². The second kappa shape index (κ2) is 7.76. The zero-order valence-corrected chi connectivity index (χ0v) is 13.9. The minimum Gasteiger partial charge on any atom is -0.377 e. The van der Waals surface area contributed by atoms with Crippen molar-refractivity contribution in [3.05, 3.63) is 20.3 Å². The number of hydrogen-bond donors (Lipinski definition) is 0. The number of likely N-dealkylation sites (tertiary alicyclic amines) is 1. The molecule has 0 radical (unpaired) electrons. The summed E-state index contributed by atoms with van der Waals surface area (Å²) in [6.07, 6.45) is 3.42. The maximum absolute atomic E-state index is 12.2. The molecule has 1 aromatic rings. The smallest absolute Gasteiger partial charge is 0.179 e. The molecule has 2 heterocycles. The highest BCUT2D eigenvalue weighted by Gasteiger charge is 2.23. The van der Waals surface area contributed by atoms with Gasteiger partial charge >= 0.3 is 0 Å². The summed E-state index contributed by atoms with van der Waals surface area (Å²) >= 11 is 13.1. The quantitative estimate of drug-likeness (QED) is 0.732. The molecule has 6 heteroatoms. The maximum Gasteiger partial charge on any atom is 0.179 e. The summed E-state index contributed by atoms with van der Waals surface area (Å²) in [6.45, 7) is 5.04. The fourth-order valence-electron chi connectivity index (χ4n) is 2.40. The molecule has 0 aliphatic carbocycles. The highest BCUT2D eigenvalue weighted by molar-refractivity contribution is 7.20. The van der Waals surface area contributed by atoms with Gasteiger partial charge in [-0.1, -0.05) is 30.1 Å². The van der Waals surface area contributed by atoms with Crippen LogP contribution in [0.5, 0.6) is 0 Å². The third kappa shape index (κ3) is 4.43. The van der Waals surface area contributed by atoms with Gasteiger partial charge in [-0.05, 0) is 31.9 Å². The minimum absolute atomic E-state index is 0.0364. The summed E-state index contributed by atoms with van der Waals surface area (Å²) in [5.74, 6) is 0.0364. The molecule has 1 aromatic heterocycles. The van der Waals surface area contributed by atoms with Crippen LogP contribution in [0.15, 0.2) is 6.07 Å². The molecule has 3 nitrogen and oxygen atoms in total. The first-order valence-electron chi connectivity index (χ1n) is 6.92. The summed E-state index contributed by atoms with van der Waals surface area (Å²) in [5.41, 5.74) is 0.540. The van der Waals surface area contributed by atoms with Crippen molar-refractivity contribution in [2.24, 2.45) is 0 Å². The predicted octanol–water partition coefficient (Wildman–Crippen LogP) is 4.13. The van der Waals surface area contributed by atoms with Gasteiger partial charge in [0, 0.05) is 13.2 Å². The monoisotopic (exact) mass is 335 g/mol. The zero-order chi connectivity index (χ0) is 14.5. The second-order valence-electron chi connectivity index (χ2n) is 5.03. The molecule has 0 N–H and O–H groups in total. The SMILES string of the molecule is CCCOC1CCCN(CC(=O)c2cc(Cl)sc2Cl)C1. The van der Waals surface area contributed by atoms with E-state index >= 15 is 0 Å². The van der Waals surface area contributed by atoms with Gasteiger partial charge in [-0.3, -0.25) is 9.69 Å². The largest absolute Gasteiger partial charge is 0.377 e. The van der Waals surface area contributed by atoms with Crippen LogP contribution < -0.4 is 0 Å². The van der Waals surface area contributed by atoms with E-state index < -0.39 is 0 Å². The van der Waals surface area contributed by atoms with E-state index in [0.717, 1.165) is 39.0 Å². The molecule has 0 spiro atoms. The topological polar surface area (TPSA) is 29.5 Å². The van der Waals surface area contributed by atoms with Crippen LogP contribution >= 0.6 is 34.5 Å². The van der Waals surface area contributed by atoms with Crippen molar-refractivity contribution >= 4 is 40.3 Å². The van der Waals surface area contributed by atoms with Crippen LogP contribution in [-0.4, -0.2) is 43.0 Å². The molecule has 1 unspecified atom stereocenters. The fourth-order valence-corrected chi connectivity index (χ4v) is 3.89. The molecular formula is C14H19Cl2NO2S. The fraction of sp³-hybridized carbons (Fsp3) is 0.643. The third-order valence-corrected chi connectivity index (χ3v) is 4.83. The van der Waals surface area contributed by atoms with Gasteiger partial charge in [0.1, 0.15) is 4.34 Å². The molecule has 0 bridgehead atoms. The van der Waals surface area contributed by atoms with Gasteiger partial charge in [0.15, 0.2) is 5.78 Å². The summed E-state index contributed by atoms with van der Waals surface area (Å²) in [4.78, 5) is 14.4. The van der Waals surface area contributed by atoms with Crippen LogP contribution in [0.2, 0.25) is 8.67 Å². The van der Waals surface area contributed by atoms with Crippen molar-refractivity contribution in [2.45, 2.75) is 32.3 Å². The van der Waals surface area contributed by atoms with Crippen molar-refractivity contribution in [1.82, 2.24) is 4.90 Å². The van der Waals surface area contributed by atoms with E-state index in [1.165, 1.54) is 11.3 Å². The van der Waals surface area contributed by atoms with Gasteiger partial charge in [-0.25, -0.2) is 0 Å². The summed E-state index contributed by atoms with van der Waals surface area (Å²) in [7, 11) is 0. The Bertz CT molecular complexity index is 464. The Morgan fingerprint density at radius 1 is 1.55 bits per heavy atom. The Labute approximate surface area is 133 Å². The molecule has 0 saturated carbocycles. The Balaban J connectivity index is 1.89. The molecular weight excluding hydrogens is 317 g/mol. The van der Waals surface area contributed by atoms with Gasteiger partial charge < -0.3 is 4.74 Å². The lowest BCUT2D eigenvalue weighted by Gasteiger charge is -2.32. The highest BCUT2D eigenvalue weighted by atomic mass is 35.5. The van der Waals surface area contributed by atoms with E-state index in [1.54, 1.807) is 6.07 Å². The number of ether oxygens (including phenoxy) is 1. The average Bonchev–Trinajstić information content (AvgIpc) is 2.76. The molecule has 1 aliphatic rings. The van der Waals surface area contributed by atoms with Crippen LogP contribution in [0.1, 0.15) is 36.5 Å². The van der Waals surface area contributed by atoms with Crippen molar-refractivity contribution in [3.63, 3.8) is 0 Å². The van der Waals surface area contributed by atoms with Crippen LogP contribution in [-0.2, 0) is 4.74 Å². The second-order valence-corrected chi connectivity index (χ2v) is 7.32. The van der Waals surface area contributed by atoms with E-state index in [2.05, 4.69) is 11.8 Å². The number of nitrogens with zero attached hydrogens (tertiary/aromatic N) is 1. The molecule has 20 heavy (non-hydrogen) atoms. The molecule has 2 rings (SSSR count). The van der Waals surface area contributed by atoms with Gasteiger partial charge in [0.2, 0.25) is 0 Å². The van der Waals surface area contributed by atoms with Gasteiger partial charge in [0.05, 0.1) is 22.5 Å². The van der Waals surface area contributed by atoms with E-state index in [4.69, 9.17) is 27.9 Å². The number of hydrogen-bond acceptors (Lipinski definition) is 4. The average molecular weight is 336 g/mol. The van der Waals surface area contributed by atoms with Crippen molar-refractivity contribution < 1.29 is 9.53 Å². The number of ketones is 1. The number of halogens is 2. The van der Waals surface area contributed by atoms with E-state index in [1.807, 2.05) is 0 Å². The third-order valence-electron chi connectivity index (χ3n) is 3.34. The summed E-state index contributed by atoms with van der Waals surface area (Å²) < 4.78 is 6.82. The van der Waals surface area contributed by atoms with Crippen LogP contribution in [0, 0.1) is 0 Å². The number of carbonyl (C=O) groups is 1. The van der Waals surface area contributed by atoms with Crippen molar-refractivity contribution in [2.75, 3.05) is 26.2 Å². The number of rotatable bonds is 6. The summed E-state index contributed by atoms with van der Waals surface area (Å²) in [6, 6.07) is 1.66. The first-order valence-corrected chi connectivity index (χ1v) is 8.49. The maximum atomic E-state index is 12.2. The van der Waals surface area contributed by atoms with Crippen LogP contribution in [0.3, 0.4) is 0 Å². The van der Waals surface area contributed by atoms with E-state index in [9.17, 15) is 4.79 Å². The Hall–Kier alpha value is -0.130. The van der Waals surface area contributed by atoms with Crippen LogP contribution in [0.4, 0.5) is 0 Å². The lowest BCUT2D eigenvalue weighted by Crippen LogP contribution is -2.42. The number of carbonyl (C=O) groups excluding carboxylic acids is 1. The Morgan fingerprint density at radius 2 is 2.35 bits per heavy atom. The Morgan fingerprint density at radius 3 is 3.00 bits per heavy atom. The van der Waals surface area contributed by atoms with Crippen molar-refractivity contribution in [1.29, 1.82) is 0 Å². The predicted molar refractivity (Wildman–Crippen MR) is 84.4 cm³/mol. The first kappa shape index (κ1) is 16.2. The Kier molecular flexibility index (Phi) is 6.30. The normalized spacial score (nSPS) is 20.2. The zero-order valence-electron chi connectivity index (χ0n) is 11.5. The lowest BCUT2D eigenvalue weighted by molar-refractivity contribution is 0.00131. The minimum atomic E-state index is 0.0364. The van der Waals surface area contributed by atoms with Crippen molar-refractivity contribution in [3.8, 4) is 0 Å². The number of piperidine rings is 1. The number of thiophene rings is 1. The van der Waals surface area contributed by atoms with Crippen LogP contribution in [0.25, 0.3) is 0 Å². The molecule has 0 aromatic carbocycles. The molecule has 0 amide bonds. The van der Waals surface area contributed by atoms with Gasteiger partial charge in [0.25, 0.3) is 0 Å². The molecule has 1 aliphatic heterocycles.